The maximum atomic E-state index is 12.5. The predicted molar refractivity (Wildman–Crippen MR) is 82.9 cm³/mol. The highest BCUT2D eigenvalue weighted by molar-refractivity contribution is 7.12. The first-order valence-electron chi connectivity index (χ1n) is 7.37. The maximum absolute atomic E-state index is 12.5. The van der Waals surface area contributed by atoms with Crippen molar-refractivity contribution in [3.63, 3.8) is 0 Å². The largest absolute Gasteiger partial charge is 0.377 e. The van der Waals surface area contributed by atoms with E-state index in [4.69, 9.17) is 4.74 Å². The van der Waals surface area contributed by atoms with Crippen LogP contribution in [0.5, 0.6) is 0 Å². The summed E-state index contributed by atoms with van der Waals surface area (Å²) >= 11 is 1.44. The van der Waals surface area contributed by atoms with Crippen molar-refractivity contribution >= 4 is 23.2 Å². The van der Waals surface area contributed by atoms with Crippen LogP contribution in [0.3, 0.4) is 0 Å². The third-order valence-corrected chi connectivity index (χ3v) is 4.64. The quantitative estimate of drug-likeness (QED) is 0.785. The zero-order valence-corrected chi connectivity index (χ0v) is 13.4. The number of ether oxygens (including phenoxy) is 1. The summed E-state index contributed by atoms with van der Waals surface area (Å²) in [5.74, 6) is 0.0813. The number of carbonyl (C=O) groups excluding carboxylic acids is 2. The molecule has 116 valence electrons. The Kier molecular flexibility index (Phi) is 5.76. The van der Waals surface area contributed by atoms with E-state index in [-0.39, 0.29) is 17.9 Å². The molecule has 0 radical (unpaired) electrons. The monoisotopic (exact) mass is 310 g/mol. The molecule has 0 N–H and O–H groups in total. The summed E-state index contributed by atoms with van der Waals surface area (Å²) in [6, 6.07) is 3.54. The van der Waals surface area contributed by atoms with E-state index in [2.05, 4.69) is 0 Å². The maximum Gasteiger partial charge on any atom is 0.320 e. The third kappa shape index (κ3) is 3.83. The van der Waals surface area contributed by atoms with Crippen molar-refractivity contribution in [2.75, 3.05) is 32.8 Å². The molecule has 1 atom stereocenters. The van der Waals surface area contributed by atoms with Gasteiger partial charge in [-0.15, -0.1) is 11.3 Å². The molecule has 1 aromatic heterocycles. The van der Waals surface area contributed by atoms with Crippen molar-refractivity contribution in [1.29, 1.82) is 0 Å². The van der Waals surface area contributed by atoms with Gasteiger partial charge in [0, 0.05) is 26.1 Å². The van der Waals surface area contributed by atoms with E-state index in [9.17, 15) is 9.59 Å². The molecular weight excluding hydrogens is 288 g/mol. The minimum atomic E-state index is -0.165. The Morgan fingerprint density at radius 2 is 2.19 bits per heavy atom. The molecule has 1 unspecified atom stereocenters. The lowest BCUT2D eigenvalue weighted by Gasteiger charge is -2.38. The fraction of sp³-hybridized carbons (Fsp3) is 0.600. The van der Waals surface area contributed by atoms with Gasteiger partial charge in [0.2, 0.25) is 0 Å². The van der Waals surface area contributed by atoms with Gasteiger partial charge in [0.25, 0.3) is 0 Å². The van der Waals surface area contributed by atoms with Gasteiger partial charge in [0.05, 0.1) is 24.1 Å². The van der Waals surface area contributed by atoms with Crippen LogP contribution in [-0.4, -0.2) is 60.5 Å². The van der Waals surface area contributed by atoms with E-state index < -0.39 is 0 Å². The summed E-state index contributed by atoms with van der Waals surface area (Å²) in [5, 5.41) is 1.89. The molecule has 0 bridgehead atoms. The predicted octanol–water partition coefficient (Wildman–Crippen LogP) is 2.48. The van der Waals surface area contributed by atoms with Crippen molar-refractivity contribution in [2.24, 2.45) is 0 Å². The molecule has 5 nitrogen and oxygen atoms in total. The van der Waals surface area contributed by atoms with Crippen molar-refractivity contribution in [3.05, 3.63) is 22.4 Å². The summed E-state index contributed by atoms with van der Waals surface area (Å²) in [6.07, 6.45) is 0.327. The Morgan fingerprint density at radius 1 is 1.43 bits per heavy atom. The Balaban J connectivity index is 2.05. The van der Waals surface area contributed by atoms with Gasteiger partial charge in [-0.05, 0) is 25.3 Å². The summed E-state index contributed by atoms with van der Waals surface area (Å²) in [7, 11) is 0. The van der Waals surface area contributed by atoms with Crippen LogP contribution in [0.4, 0.5) is 4.79 Å². The van der Waals surface area contributed by atoms with Gasteiger partial charge in [-0.2, -0.15) is 0 Å². The summed E-state index contributed by atoms with van der Waals surface area (Å²) in [5.41, 5.74) is 0. The Hall–Kier alpha value is -1.40. The number of amides is 2. The van der Waals surface area contributed by atoms with Crippen LogP contribution < -0.4 is 0 Å². The molecule has 0 aromatic carbocycles. The Labute approximate surface area is 129 Å². The highest BCUT2D eigenvalue weighted by atomic mass is 32.1. The fourth-order valence-corrected chi connectivity index (χ4v) is 3.18. The standard InChI is InChI=1S/C15H22N2O3S/c1-3-16(4-2)15(19)17-7-8-20-11-12(17)10-13(18)14-6-5-9-21-14/h5-6,9,12H,3-4,7-8,10-11H2,1-2H3. The lowest BCUT2D eigenvalue weighted by Crippen LogP contribution is -2.54. The second-order valence-electron chi connectivity index (χ2n) is 4.98. The molecule has 21 heavy (non-hydrogen) atoms. The van der Waals surface area contributed by atoms with Crippen molar-refractivity contribution < 1.29 is 14.3 Å². The Bertz CT molecular complexity index is 471. The van der Waals surface area contributed by atoms with Gasteiger partial charge in [-0.25, -0.2) is 4.79 Å². The minimum Gasteiger partial charge on any atom is -0.377 e. The lowest BCUT2D eigenvalue weighted by atomic mass is 10.1. The highest BCUT2D eigenvalue weighted by Gasteiger charge is 2.31. The first-order chi connectivity index (χ1) is 10.2. The third-order valence-electron chi connectivity index (χ3n) is 3.72. The van der Waals surface area contributed by atoms with Gasteiger partial charge < -0.3 is 14.5 Å². The molecule has 0 aliphatic carbocycles. The van der Waals surface area contributed by atoms with Crippen molar-refractivity contribution in [2.45, 2.75) is 26.3 Å². The number of morpholine rings is 1. The van der Waals surface area contributed by atoms with Crippen LogP contribution in [0.1, 0.15) is 29.9 Å². The summed E-state index contributed by atoms with van der Waals surface area (Å²) in [6.45, 7) is 6.82. The summed E-state index contributed by atoms with van der Waals surface area (Å²) < 4.78 is 5.47. The molecule has 0 spiro atoms. The number of Topliss-reactive ketones (excluding diaryl/α,β-unsaturated/α-hetero) is 1. The highest BCUT2D eigenvalue weighted by Crippen LogP contribution is 2.18. The van der Waals surface area contributed by atoms with Crippen LogP contribution in [0, 0.1) is 0 Å². The van der Waals surface area contributed by atoms with E-state index in [1.807, 2.05) is 31.4 Å². The normalized spacial score (nSPS) is 18.6. The number of thiophene rings is 1. The molecule has 2 rings (SSSR count). The first kappa shape index (κ1) is 16.0. The fourth-order valence-electron chi connectivity index (χ4n) is 2.50. The average molecular weight is 310 g/mol. The number of carbonyl (C=O) groups is 2. The lowest BCUT2D eigenvalue weighted by molar-refractivity contribution is 0.00321. The van der Waals surface area contributed by atoms with Crippen LogP contribution in [-0.2, 0) is 4.74 Å². The number of ketones is 1. The van der Waals surface area contributed by atoms with Gasteiger partial charge in [-0.1, -0.05) is 6.07 Å². The molecule has 2 heterocycles. The van der Waals surface area contributed by atoms with E-state index in [1.165, 1.54) is 11.3 Å². The van der Waals surface area contributed by atoms with Crippen LogP contribution in [0.2, 0.25) is 0 Å². The molecule has 0 saturated carbocycles. The Morgan fingerprint density at radius 3 is 2.81 bits per heavy atom. The minimum absolute atomic E-state index is 0.00674. The van der Waals surface area contributed by atoms with E-state index in [0.29, 0.717) is 39.3 Å². The van der Waals surface area contributed by atoms with Gasteiger partial charge >= 0.3 is 6.03 Å². The molecule has 1 aromatic rings. The molecule has 1 aliphatic heterocycles. The molecule has 6 heteroatoms. The number of urea groups is 1. The first-order valence-corrected chi connectivity index (χ1v) is 8.25. The van der Waals surface area contributed by atoms with E-state index in [1.54, 1.807) is 9.80 Å². The second kappa shape index (κ2) is 7.56. The molecular formula is C15H22N2O3S. The second-order valence-corrected chi connectivity index (χ2v) is 5.93. The van der Waals surface area contributed by atoms with E-state index >= 15 is 0 Å². The van der Waals surface area contributed by atoms with Crippen LogP contribution in [0.15, 0.2) is 17.5 Å². The molecule has 1 aliphatic rings. The summed E-state index contributed by atoms with van der Waals surface area (Å²) in [4.78, 5) is 29.1. The SMILES string of the molecule is CCN(CC)C(=O)N1CCOCC1CC(=O)c1cccs1. The number of hydrogen-bond acceptors (Lipinski definition) is 4. The van der Waals surface area contributed by atoms with E-state index in [0.717, 1.165) is 4.88 Å². The smallest absolute Gasteiger partial charge is 0.320 e. The molecule has 1 fully saturated rings. The van der Waals surface area contributed by atoms with Crippen LogP contribution >= 0.6 is 11.3 Å². The number of nitrogens with zero attached hydrogens (tertiary/aromatic N) is 2. The zero-order valence-electron chi connectivity index (χ0n) is 12.6. The van der Waals surface area contributed by atoms with Crippen LogP contribution in [0.25, 0.3) is 0 Å². The van der Waals surface area contributed by atoms with Crippen molar-refractivity contribution in [3.8, 4) is 0 Å². The van der Waals surface area contributed by atoms with Crippen molar-refractivity contribution in [1.82, 2.24) is 9.80 Å². The topological polar surface area (TPSA) is 49.9 Å². The number of hydrogen-bond donors (Lipinski definition) is 0. The zero-order chi connectivity index (χ0) is 15.2. The number of rotatable bonds is 5. The molecule has 1 saturated heterocycles. The van der Waals surface area contributed by atoms with Gasteiger partial charge in [0.15, 0.2) is 5.78 Å². The van der Waals surface area contributed by atoms with Gasteiger partial charge in [0.1, 0.15) is 0 Å². The average Bonchev–Trinajstić information content (AvgIpc) is 3.03. The molecule has 2 amide bonds. The van der Waals surface area contributed by atoms with Gasteiger partial charge in [-0.3, -0.25) is 4.79 Å².